The molecule has 0 radical (unpaired) electrons. The SMILES string of the molecule is C[C@@H]1CN(c2nc3ccc(F)cc3o2)C[C@H](C)N1C(=O)OC1CC2(C1)CN(Cc1ccccc1)C2. The predicted molar refractivity (Wildman–Crippen MR) is 131 cm³/mol. The first-order valence-electron chi connectivity index (χ1n) is 12.4. The van der Waals surface area contributed by atoms with E-state index in [0.717, 1.165) is 32.5 Å². The molecular weight excluding hydrogens is 447 g/mol. The lowest BCUT2D eigenvalue weighted by Gasteiger charge is -2.58. The lowest BCUT2D eigenvalue weighted by molar-refractivity contribution is -0.137. The van der Waals surface area contributed by atoms with E-state index in [9.17, 15) is 9.18 Å². The molecule has 2 aliphatic heterocycles. The number of aromatic nitrogens is 1. The fourth-order valence-electron chi connectivity index (χ4n) is 6.17. The summed E-state index contributed by atoms with van der Waals surface area (Å²) >= 11 is 0. The van der Waals surface area contributed by atoms with Crippen molar-refractivity contribution in [2.24, 2.45) is 5.41 Å². The zero-order chi connectivity index (χ0) is 24.2. The van der Waals surface area contributed by atoms with Crippen molar-refractivity contribution in [3.63, 3.8) is 0 Å². The molecular formula is C27H31FN4O3. The maximum Gasteiger partial charge on any atom is 0.410 e. The van der Waals surface area contributed by atoms with Crippen LogP contribution in [0.3, 0.4) is 0 Å². The second-order valence-electron chi connectivity index (χ2n) is 10.7. The number of piperazine rings is 1. The van der Waals surface area contributed by atoms with E-state index in [1.54, 1.807) is 6.07 Å². The smallest absolute Gasteiger partial charge is 0.410 e. The van der Waals surface area contributed by atoms with Crippen molar-refractivity contribution in [2.45, 2.75) is 51.4 Å². The molecule has 6 rings (SSSR count). The van der Waals surface area contributed by atoms with Crippen LogP contribution in [0.4, 0.5) is 15.2 Å². The molecule has 8 heteroatoms. The molecule has 0 N–H and O–H groups in total. The highest BCUT2D eigenvalue weighted by Gasteiger charge is 2.54. The molecule has 1 aromatic heterocycles. The molecule has 2 aromatic carbocycles. The molecule has 0 unspecified atom stereocenters. The second-order valence-corrected chi connectivity index (χ2v) is 10.7. The highest BCUT2D eigenvalue weighted by atomic mass is 19.1. The molecule has 35 heavy (non-hydrogen) atoms. The standard InChI is InChI=1S/C27H31FN4O3/c1-18-13-31(25-29-23-9-8-21(28)10-24(23)35-25)14-19(2)32(18)26(33)34-22-11-27(12-22)16-30(17-27)15-20-6-4-3-5-7-20/h3-10,18-19,22H,11-17H2,1-2H3/t18-,19+. The van der Waals surface area contributed by atoms with Crippen molar-refractivity contribution in [3.8, 4) is 0 Å². The van der Waals surface area contributed by atoms with Crippen LogP contribution in [0.1, 0.15) is 32.3 Å². The number of hydrogen-bond acceptors (Lipinski definition) is 6. The zero-order valence-electron chi connectivity index (χ0n) is 20.2. The van der Waals surface area contributed by atoms with E-state index in [0.29, 0.717) is 35.6 Å². The average Bonchev–Trinajstić information content (AvgIpc) is 3.19. The Bertz CT molecular complexity index is 1210. The first-order chi connectivity index (χ1) is 16.9. The Morgan fingerprint density at radius 1 is 1.11 bits per heavy atom. The fraction of sp³-hybridized carbons (Fsp3) is 0.481. The van der Waals surface area contributed by atoms with Crippen LogP contribution in [0.2, 0.25) is 0 Å². The summed E-state index contributed by atoms with van der Waals surface area (Å²) in [7, 11) is 0. The number of likely N-dealkylation sites (tertiary alicyclic amines) is 1. The Morgan fingerprint density at radius 3 is 2.54 bits per heavy atom. The third-order valence-electron chi connectivity index (χ3n) is 7.70. The minimum Gasteiger partial charge on any atom is -0.446 e. The summed E-state index contributed by atoms with van der Waals surface area (Å²) in [4.78, 5) is 23.9. The normalized spacial score (nSPS) is 24.4. The maximum atomic E-state index is 13.5. The topological polar surface area (TPSA) is 62.1 Å². The molecule has 3 aliphatic rings. The van der Waals surface area contributed by atoms with Gasteiger partial charge in [-0.15, -0.1) is 0 Å². The van der Waals surface area contributed by atoms with Crippen LogP contribution in [0, 0.1) is 11.2 Å². The second kappa shape index (κ2) is 8.52. The van der Waals surface area contributed by atoms with Crippen LogP contribution < -0.4 is 4.90 Å². The maximum absolute atomic E-state index is 13.5. The molecule has 7 nitrogen and oxygen atoms in total. The Labute approximate surface area is 204 Å². The number of nitrogens with zero attached hydrogens (tertiary/aromatic N) is 4. The van der Waals surface area contributed by atoms with Gasteiger partial charge in [-0.05, 0) is 44.4 Å². The largest absolute Gasteiger partial charge is 0.446 e. The summed E-state index contributed by atoms with van der Waals surface area (Å²) in [5.74, 6) is -0.349. The number of benzene rings is 2. The van der Waals surface area contributed by atoms with E-state index in [1.165, 1.54) is 17.7 Å². The Kier molecular flexibility index (Phi) is 5.44. The molecule has 0 bridgehead atoms. The summed E-state index contributed by atoms with van der Waals surface area (Å²) in [5.41, 5.74) is 2.72. The number of hydrogen-bond donors (Lipinski definition) is 0. The van der Waals surface area contributed by atoms with Crippen LogP contribution in [0.15, 0.2) is 52.9 Å². The van der Waals surface area contributed by atoms with E-state index in [2.05, 4.69) is 34.1 Å². The fourth-order valence-corrected chi connectivity index (χ4v) is 6.17. The molecule has 1 amide bonds. The summed E-state index contributed by atoms with van der Waals surface area (Å²) < 4.78 is 25.2. The van der Waals surface area contributed by atoms with Gasteiger partial charge in [0.05, 0.1) is 12.1 Å². The number of carbonyl (C=O) groups excluding carboxylic acids is 1. The molecule has 184 valence electrons. The number of anilines is 1. The predicted octanol–water partition coefficient (Wildman–Crippen LogP) is 4.67. The summed E-state index contributed by atoms with van der Waals surface area (Å²) in [6.45, 7) is 8.34. The number of fused-ring (bicyclic) bond motifs is 1. The van der Waals surface area contributed by atoms with E-state index in [4.69, 9.17) is 9.15 Å². The number of rotatable bonds is 4. The van der Waals surface area contributed by atoms with Gasteiger partial charge in [0.25, 0.3) is 6.01 Å². The van der Waals surface area contributed by atoms with Crippen LogP contribution in [0.5, 0.6) is 0 Å². The number of ether oxygens (including phenoxy) is 1. The minimum atomic E-state index is -0.349. The van der Waals surface area contributed by atoms with Gasteiger partial charge in [0.2, 0.25) is 0 Å². The molecule has 1 spiro atoms. The molecule has 2 saturated heterocycles. The molecule has 3 fully saturated rings. The van der Waals surface area contributed by atoms with Crippen molar-refractivity contribution in [3.05, 3.63) is 59.9 Å². The van der Waals surface area contributed by atoms with Crippen molar-refractivity contribution in [1.82, 2.24) is 14.8 Å². The molecule has 3 heterocycles. The Hall–Kier alpha value is -3.13. The van der Waals surface area contributed by atoms with Crippen molar-refractivity contribution in [2.75, 3.05) is 31.1 Å². The van der Waals surface area contributed by atoms with Crippen LogP contribution in [0.25, 0.3) is 11.1 Å². The van der Waals surface area contributed by atoms with Crippen molar-refractivity contribution >= 4 is 23.2 Å². The van der Waals surface area contributed by atoms with Gasteiger partial charge in [0.1, 0.15) is 17.4 Å². The van der Waals surface area contributed by atoms with Gasteiger partial charge in [0.15, 0.2) is 5.58 Å². The van der Waals surface area contributed by atoms with Gasteiger partial charge in [-0.25, -0.2) is 9.18 Å². The van der Waals surface area contributed by atoms with E-state index >= 15 is 0 Å². The van der Waals surface area contributed by atoms with E-state index < -0.39 is 0 Å². The highest BCUT2D eigenvalue weighted by molar-refractivity contribution is 5.74. The van der Waals surface area contributed by atoms with Gasteiger partial charge >= 0.3 is 6.09 Å². The van der Waals surface area contributed by atoms with Gasteiger partial charge in [-0.2, -0.15) is 4.98 Å². The van der Waals surface area contributed by atoms with Crippen molar-refractivity contribution in [1.29, 1.82) is 0 Å². The lowest BCUT2D eigenvalue weighted by Crippen LogP contribution is -2.65. The first-order valence-corrected chi connectivity index (χ1v) is 12.4. The third kappa shape index (κ3) is 4.24. The Morgan fingerprint density at radius 2 is 1.83 bits per heavy atom. The van der Waals surface area contributed by atoms with Gasteiger partial charge in [-0.3, -0.25) is 9.80 Å². The van der Waals surface area contributed by atoms with Gasteiger partial charge < -0.3 is 14.1 Å². The summed E-state index contributed by atoms with van der Waals surface area (Å²) in [6.07, 6.45) is 1.67. The highest BCUT2D eigenvalue weighted by Crippen LogP contribution is 2.50. The molecule has 3 aromatic rings. The van der Waals surface area contributed by atoms with Gasteiger partial charge in [-0.1, -0.05) is 30.3 Å². The molecule has 1 saturated carbocycles. The lowest BCUT2D eigenvalue weighted by atomic mass is 9.61. The molecule has 1 aliphatic carbocycles. The number of carbonyl (C=O) groups is 1. The van der Waals surface area contributed by atoms with E-state index in [1.807, 2.05) is 29.7 Å². The quantitative estimate of drug-likeness (QED) is 0.543. The first kappa shape index (κ1) is 22.3. The number of amides is 1. The number of oxazole rings is 1. The average molecular weight is 479 g/mol. The zero-order valence-corrected chi connectivity index (χ0v) is 20.2. The summed E-state index contributed by atoms with van der Waals surface area (Å²) in [5, 5.41) is 0. The monoisotopic (exact) mass is 478 g/mol. The van der Waals surface area contributed by atoms with E-state index in [-0.39, 0.29) is 30.1 Å². The summed E-state index contributed by atoms with van der Waals surface area (Å²) in [6, 6.07) is 15.2. The number of halogens is 1. The van der Waals surface area contributed by atoms with Crippen molar-refractivity contribution < 1.29 is 18.3 Å². The molecule has 2 atom stereocenters. The van der Waals surface area contributed by atoms with Gasteiger partial charge in [0, 0.05) is 44.2 Å². The minimum absolute atomic E-state index is 0.00532. The Balaban J connectivity index is 1.00. The third-order valence-corrected chi connectivity index (χ3v) is 7.70. The van der Waals surface area contributed by atoms with Crippen LogP contribution in [-0.2, 0) is 11.3 Å². The van der Waals surface area contributed by atoms with Crippen LogP contribution >= 0.6 is 0 Å². The van der Waals surface area contributed by atoms with Crippen LogP contribution in [-0.4, -0.2) is 65.2 Å².